The first kappa shape index (κ1) is 19.9. The Bertz CT molecular complexity index is 1010. The van der Waals surface area contributed by atoms with Crippen LogP contribution < -0.4 is 11.3 Å². The maximum absolute atomic E-state index is 12.2. The van der Waals surface area contributed by atoms with E-state index in [1.165, 1.54) is 4.57 Å². The number of anilines is 1. The van der Waals surface area contributed by atoms with E-state index >= 15 is 0 Å². The highest BCUT2D eigenvalue weighted by Gasteiger charge is 2.45. The van der Waals surface area contributed by atoms with Gasteiger partial charge in [-0.3, -0.25) is 14.3 Å². The first-order chi connectivity index (χ1) is 13.5. The number of fused-ring (bicyclic) bond motifs is 1. The predicted octanol–water partition coefficient (Wildman–Crippen LogP) is -1.14. The molecule has 1 saturated heterocycles. The highest BCUT2D eigenvalue weighted by molar-refractivity contribution is 5.72. The fourth-order valence-electron chi connectivity index (χ4n) is 3.01. The van der Waals surface area contributed by atoms with E-state index in [0.717, 1.165) is 12.8 Å². The number of terminal acetylenes is 1. The molecular formula is C18H21N5O5. The van der Waals surface area contributed by atoms with E-state index < -0.39 is 36.7 Å². The number of ether oxygens (including phenoxy) is 1. The highest BCUT2D eigenvalue weighted by atomic mass is 16.6. The number of aromatic nitrogens is 4. The number of unbranched alkanes of at least 4 members (excludes halogenated alkanes) is 3. The summed E-state index contributed by atoms with van der Waals surface area (Å²) in [6.07, 6.45) is 3.24. The summed E-state index contributed by atoms with van der Waals surface area (Å²) in [6.45, 7) is -0.492. The van der Waals surface area contributed by atoms with Crippen LogP contribution in [0.25, 0.3) is 11.2 Å². The van der Waals surface area contributed by atoms with Crippen molar-refractivity contribution in [3.63, 3.8) is 0 Å². The molecule has 3 rings (SSSR count). The van der Waals surface area contributed by atoms with Gasteiger partial charge >= 0.3 is 0 Å². The normalized spacial score (nSPS) is 24.1. The van der Waals surface area contributed by atoms with Crippen molar-refractivity contribution in [2.45, 2.75) is 50.2 Å². The van der Waals surface area contributed by atoms with E-state index in [9.17, 15) is 20.1 Å². The van der Waals surface area contributed by atoms with Crippen LogP contribution in [0.1, 0.15) is 37.7 Å². The van der Waals surface area contributed by atoms with Gasteiger partial charge in [0, 0.05) is 12.8 Å². The maximum atomic E-state index is 12.2. The zero-order chi connectivity index (χ0) is 20.3. The van der Waals surface area contributed by atoms with Crippen molar-refractivity contribution in [3.8, 4) is 24.2 Å². The molecule has 0 radical (unpaired) electrons. The number of rotatable bonds is 5. The Balaban J connectivity index is 2.03. The minimum absolute atomic E-state index is 0.0245. The standard InChI is InChI=1S/C18H21N5O5/c1-2-3-4-5-6-7-8-11-20-12-15(21-18(19)22-16(12)27)23(11)17-14(26)13(25)10(9-24)28-17/h1,10,13-14,17,24-26H,3-6,9H2,(H3,19,21,22,27)/t10-,13-,14-,17-/m1/s1. The Labute approximate surface area is 160 Å². The second kappa shape index (κ2) is 8.42. The van der Waals surface area contributed by atoms with Gasteiger partial charge in [0.1, 0.15) is 18.3 Å². The SMILES string of the molecule is C#CCCCCC#Cc1nc2c(=O)[nH]c(N)nc2n1[C@@H]1O[C@H](CO)[C@@H](O)[C@H]1O. The lowest BCUT2D eigenvalue weighted by molar-refractivity contribution is -0.0514. The van der Waals surface area contributed by atoms with Crippen molar-refractivity contribution >= 4 is 17.1 Å². The predicted molar refractivity (Wildman–Crippen MR) is 99.7 cm³/mol. The van der Waals surface area contributed by atoms with Crippen molar-refractivity contribution < 1.29 is 20.1 Å². The molecule has 10 heteroatoms. The number of nitrogens with two attached hydrogens (primary N) is 1. The number of H-pyrrole nitrogens is 1. The maximum Gasteiger partial charge on any atom is 0.280 e. The molecule has 0 aromatic carbocycles. The summed E-state index contributed by atoms with van der Waals surface area (Å²) in [7, 11) is 0. The second-order valence-corrected chi connectivity index (χ2v) is 6.37. The number of nitrogen functional groups attached to an aromatic ring is 1. The first-order valence-electron chi connectivity index (χ1n) is 8.80. The number of hydrogen-bond donors (Lipinski definition) is 5. The van der Waals surface area contributed by atoms with Crippen molar-refractivity contribution in [2.24, 2.45) is 0 Å². The van der Waals surface area contributed by atoms with Crippen molar-refractivity contribution in [1.82, 2.24) is 19.5 Å². The Morgan fingerprint density at radius 3 is 2.68 bits per heavy atom. The monoisotopic (exact) mass is 387 g/mol. The number of imidazole rings is 1. The van der Waals surface area contributed by atoms with Gasteiger partial charge in [0.15, 0.2) is 23.2 Å². The zero-order valence-electron chi connectivity index (χ0n) is 15.0. The number of aliphatic hydroxyl groups excluding tert-OH is 3. The van der Waals surface area contributed by atoms with Gasteiger partial charge in [-0.25, -0.2) is 4.98 Å². The lowest BCUT2D eigenvalue weighted by Crippen LogP contribution is -2.33. The largest absolute Gasteiger partial charge is 0.394 e. The molecule has 0 amide bonds. The van der Waals surface area contributed by atoms with Crippen molar-refractivity contribution in [3.05, 3.63) is 16.2 Å². The third kappa shape index (κ3) is 3.72. The van der Waals surface area contributed by atoms with E-state index in [1.807, 2.05) is 0 Å². The van der Waals surface area contributed by atoms with E-state index in [1.54, 1.807) is 0 Å². The number of nitrogens with one attached hydrogen (secondary N) is 1. The average molecular weight is 387 g/mol. The minimum atomic E-state index is -1.38. The molecule has 2 aromatic heterocycles. The third-order valence-corrected chi connectivity index (χ3v) is 4.41. The Hall–Kier alpha value is -2.89. The van der Waals surface area contributed by atoms with Crippen LogP contribution in [0.4, 0.5) is 5.95 Å². The van der Waals surface area contributed by atoms with E-state index in [0.29, 0.717) is 12.8 Å². The van der Waals surface area contributed by atoms with Crippen LogP contribution >= 0.6 is 0 Å². The van der Waals surface area contributed by atoms with Gasteiger partial charge in [-0.05, 0) is 18.8 Å². The number of nitrogens with zero attached hydrogens (tertiary/aromatic N) is 3. The smallest absolute Gasteiger partial charge is 0.280 e. The minimum Gasteiger partial charge on any atom is -0.394 e. The Kier molecular flexibility index (Phi) is 5.97. The Morgan fingerprint density at radius 2 is 2.00 bits per heavy atom. The average Bonchev–Trinajstić information content (AvgIpc) is 3.16. The van der Waals surface area contributed by atoms with Gasteiger partial charge in [-0.2, -0.15) is 4.98 Å². The van der Waals surface area contributed by atoms with Crippen LogP contribution in [0.2, 0.25) is 0 Å². The van der Waals surface area contributed by atoms with E-state index in [-0.39, 0.29) is 22.9 Å². The molecular weight excluding hydrogens is 366 g/mol. The molecule has 28 heavy (non-hydrogen) atoms. The Morgan fingerprint density at radius 1 is 1.25 bits per heavy atom. The molecule has 0 bridgehead atoms. The summed E-state index contributed by atoms with van der Waals surface area (Å²) in [4.78, 5) is 22.8. The van der Waals surface area contributed by atoms with Crippen LogP contribution in [0, 0.1) is 24.2 Å². The highest BCUT2D eigenvalue weighted by Crippen LogP contribution is 2.32. The number of aromatic amines is 1. The fourth-order valence-corrected chi connectivity index (χ4v) is 3.01. The van der Waals surface area contributed by atoms with Gasteiger partial charge < -0.3 is 25.8 Å². The number of hydrogen-bond acceptors (Lipinski definition) is 8. The molecule has 2 aromatic rings. The molecule has 0 unspecified atom stereocenters. The van der Waals surface area contributed by atoms with Crippen molar-refractivity contribution in [1.29, 1.82) is 0 Å². The quantitative estimate of drug-likeness (QED) is 0.318. The summed E-state index contributed by atoms with van der Waals surface area (Å²) in [5.74, 6) is 8.35. The molecule has 0 spiro atoms. The van der Waals surface area contributed by atoms with Crippen LogP contribution in [0.3, 0.4) is 0 Å². The molecule has 1 aliphatic heterocycles. The lowest BCUT2D eigenvalue weighted by Gasteiger charge is -2.17. The summed E-state index contributed by atoms with van der Waals surface area (Å²) in [6, 6.07) is 0. The first-order valence-corrected chi connectivity index (χ1v) is 8.80. The van der Waals surface area contributed by atoms with Crippen LogP contribution in [-0.2, 0) is 4.74 Å². The molecule has 0 aliphatic carbocycles. The van der Waals surface area contributed by atoms with Crippen LogP contribution in [0.15, 0.2) is 4.79 Å². The molecule has 4 atom stereocenters. The van der Waals surface area contributed by atoms with E-state index in [4.69, 9.17) is 16.9 Å². The van der Waals surface area contributed by atoms with E-state index in [2.05, 4.69) is 32.7 Å². The van der Waals surface area contributed by atoms with Gasteiger partial charge in [-0.1, -0.05) is 5.92 Å². The summed E-state index contributed by atoms with van der Waals surface area (Å²) in [5.41, 5.74) is 5.11. The van der Waals surface area contributed by atoms with Crippen LogP contribution in [0.5, 0.6) is 0 Å². The second-order valence-electron chi connectivity index (χ2n) is 6.37. The molecule has 1 fully saturated rings. The summed E-state index contributed by atoms with van der Waals surface area (Å²) < 4.78 is 6.88. The van der Waals surface area contributed by atoms with Gasteiger partial charge in [0.25, 0.3) is 5.56 Å². The van der Waals surface area contributed by atoms with Gasteiger partial charge in [0.2, 0.25) is 5.95 Å². The topological polar surface area (TPSA) is 160 Å². The lowest BCUT2D eigenvalue weighted by atomic mass is 10.1. The molecule has 6 N–H and O–H groups in total. The summed E-state index contributed by atoms with van der Waals surface area (Å²) in [5, 5.41) is 29.8. The number of aliphatic hydroxyl groups is 3. The molecule has 10 nitrogen and oxygen atoms in total. The van der Waals surface area contributed by atoms with Crippen molar-refractivity contribution in [2.75, 3.05) is 12.3 Å². The molecule has 1 aliphatic rings. The fraction of sp³-hybridized carbons (Fsp3) is 0.500. The molecule has 3 heterocycles. The van der Waals surface area contributed by atoms with Gasteiger partial charge in [0.05, 0.1) is 6.61 Å². The molecule has 148 valence electrons. The van der Waals surface area contributed by atoms with Gasteiger partial charge in [-0.15, -0.1) is 12.3 Å². The molecule has 0 saturated carbocycles. The van der Waals surface area contributed by atoms with Crippen LogP contribution in [-0.4, -0.2) is 59.8 Å². The zero-order valence-corrected chi connectivity index (χ0v) is 15.0. The third-order valence-electron chi connectivity index (χ3n) is 4.41. The summed E-state index contributed by atoms with van der Waals surface area (Å²) >= 11 is 0.